The fourth-order valence-corrected chi connectivity index (χ4v) is 2.38. The molecule has 2 fully saturated rings. The first kappa shape index (κ1) is 15.2. The summed E-state index contributed by atoms with van der Waals surface area (Å²) in [5, 5.41) is 0. The molecule has 1 aliphatic carbocycles. The molecular weight excluding hydrogens is 283 g/mol. The van der Waals surface area contributed by atoms with E-state index in [-0.39, 0.29) is 30.2 Å². The summed E-state index contributed by atoms with van der Waals surface area (Å²) >= 11 is 0. The third-order valence-corrected chi connectivity index (χ3v) is 3.81. The Hall–Kier alpha value is -1.17. The maximum atomic E-state index is 12.9. The molecule has 3 rings (SSSR count). The number of morpholine rings is 1. The zero-order valence-electron chi connectivity index (χ0n) is 11.0. The number of ether oxygens (including phenoxy) is 1. The lowest BCUT2D eigenvalue weighted by molar-refractivity contribution is -0.141. The van der Waals surface area contributed by atoms with Gasteiger partial charge in [0.25, 0.3) is 0 Å². The monoisotopic (exact) mass is 300 g/mol. The van der Waals surface area contributed by atoms with Crippen molar-refractivity contribution in [3.05, 3.63) is 35.6 Å². The summed E-state index contributed by atoms with van der Waals surface area (Å²) < 4.78 is 18.6. The molecule has 1 unspecified atom stereocenters. The second kappa shape index (κ2) is 5.68. The van der Waals surface area contributed by atoms with Gasteiger partial charge in [-0.25, -0.2) is 4.39 Å². The molecule has 1 saturated heterocycles. The maximum absolute atomic E-state index is 12.9. The Balaban J connectivity index is 0.00000147. The Labute approximate surface area is 123 Å². The minimum atomic E-state index is -0.634. The highest BCUT2D eigenvalue weighted by Crippen LogP contribution is 2.35. The number of amides is 1. The van der Waals surface area contributed by atoms with E-state index in [2.05, 4.69) is 0 Å². The van der Waals surface area contributed by atoms with Crippen LogP contribution in [0.15, 0.2) is 24.3 Å². The van der Waals surface area contributed by atoms with E-state index in [0.29, 0.717) is 19.7 Å². The van der Waals surface area contributed by atoms with Crippen LogP contribution in [-0.4, -0.2) is 36.0 Å². The van der Waals surface area contributed by atoms with E-state index in [4.69, 9.17) is 10.5 Å². The lowest BCUT2D eigenvalue weighted by Crippen LogP contribution is -2.50. The predicted molar refractivity (Wildman–Crippen MR) is 75.1 cm³/mol. The van der Waals surface area contributed by atoms with Crippen LogP contribution in [0.3, 0.4) is 0 Å². The van der Waals surface area contributed by atoms with E-state index >= 15 is 0 Å². The van der Waals surface area contributed by atoms with Crippen LogP contribution in [-0.2, 0) is 9.53 Å². The van der Waals surface area contributed by atoms with Crippen molar-refractivity contribution >= 4 is 18.3 Å². The van der Waals surface area contributed by atoms with Crippen molar-refractivity contribution in [2.24, 2.45) is 5.73 Å². The number of benzene rings is 1. The molecule has 2 aliphatic rings. The van der Waals surface area contributed by atoms with Crippen molar-refractivity contribution in [2.75, 3.05) is 19.7 Å². The van der Waals surface area contributed by atoms with Crippen LogP contribution >= 0.6 is 12.4 Å². The van der Waals surface area contributed by atoms with Gasteiger partial charge in [-0.3, -0.25) is 4.79 Å². The molecule has 1 atom stereocenters. The van der Waals surface area contributed by atoms with Gasteiger partial charge in [0, 0.05) is 6.54 Å². The van der Waals surface area contributed by atoms with E-state index in [0.717, 1.165) is 18.4 Å². The zero-order valence-corrected chi connectivity index (χ0v) is 11.9. The third kappa shape index (κ3) is 2.95. The van der Waals surface area contributed by atoms with E-state index in [9.17, 15) is 9.18 Å². The van der Waals surface area contributed by atoms with Crippen molar-refractivity contribution in [3.63, 3.8) is 0 Å². The summed E-state index contributed by atoms with van der Waals surface area (Å²) in [5.74, 6) is -0.255. The Morgan fingerprint density at radius 3 is 2.60 bits per heavy atom. The summed E-state index contributed by atoms with van der Waals surface area (Å²) in [6.07, 6.45) is 1.34. The molecule has 1 heterocycles. The molecule has 1 amide bonds. The van der Waals surface area contributed by atoms with Crippen LogP contribution in [0.2, 0.25) is 0 Å². The number of nitrogens with two attached hydrogens (primary N) is 1. The normalized spacial score (nSPS) is 23.9. The van der Waals surface area contributed by atoms with E-state index in [1.807, 2.05) is 0 Å². The van der Waals surface area contributed by atoms with Crippen LogP contribution < -0.4 is 5.73 Å². The van der Waals surface area contributed by atoms with Crippen molar-refractivity contribution in [3.8, 4) is 0 Å². The Morgan fingerprint density at radius 2 is 2.00 bits per heavy atom. The molecule has 1 saturated carbocycles. The highest BCUT2D eigenvalue weighted by atomic mass is 35.5. The van der Waals surface area contributed by atoms with Gasteiger partial charge >= 0.3 is 0 Å². The summed E-state index contributed by atoms with van der Waals surface area (Å²) in [5.41, 5.74) is 6.20. The number of nitrogens with zero attached hydrogens (tertiary/aromatic N) is 1. The third-order valence-electron chi connectivity index (χ3n) is 3.81. The molecule has 1 aromatic rings. The van der Waals surface area contributed by atoms with Crippen molar-refractivity contribution in [1.82, 2.24) is 4.90 Å². The fourth-order valence-electron chi connectivity index (χ4n) is 2.38. The topological polar surface area (TPSA) is 55.6 Å². The van der Waals surface area contributed by atoms with Gasteiger partial charge in [0.15, 0.2) is 0 Å². The predicted octanol–water partition coefficient (Wildman–Crippen LogP) is 1.64. The summed E-state index contributed by atoms with van der Waals surface area (Å²) in [6, 6.07) is 6.21. The van der Waals surface area contributed by atoms with Crippen molar-refractivity contribution in [1.29, 1.82) is 0 Å². The van der Waals surface area contributed by atoms with Gasteiger partial charge in [-0.2, -0.15) is 0 Å². The smallest absolute Gasteiger partial charge is 0.242 e. The average Bonchev–Trinajstić information content (AvgIpc) is 3.18. The maximum Gasteiger partial charge on any atom is 0.242 e. The Kier molecular flexibility index (Phi) is 4.32. The van der Waals surface area contributed by atoms with Crippen molar-refractivity contribution in [2.45, 2.75) is 24.5 Å². The van der Waals surface area contributed by atoms with Gasteiger partial charge in [0.2, 0.25) is 5.91 Å². The molecule has 0 radical (unpaired) electrons. The van der Waals surface area contributed by atoms with Gasteiger partial charge in [0.1, 0.15) is 11.9 Å². The van der Waals surface area contributed by atoms with Crippen LogP contribution in [0, 0.1) is 5.82 Å². The second-order valence-corrected chi connectivity index (χ2v) is 5.32. The Morgan fingerprint density at radius 1 is 1.35 bits per heavy atom. The number of halogens is 2. The van der Waals surface area contributed by atoms with Gasteiger partial charge < -0.3 is 15.4 Å². The number of hydrogen-bond acceptors (Lipinski definition) is 3. The van der Waals surface area contributed by atoms with Gasteiger partial charge in [-0.15, -0.1) is 12.4 Å². The van der Waals surface area contributed by atoms with E-state index in [1.54, 1.807) is 17.0 Å². The standard InChI is InChI=1S/C14H17FN2O2.ClH/c15-11-3-1-10(2-4-11)12-9-17(7-8-19-12)13(18)14(16)5-6-14;/h1-4,12H,5-9,16H2;1H. The van der Waals surface area contributed by atoms with Gasteiger partial charge in [-0.05, 0) is 30.5 Å². The summed E-state index contributed by atoms with van der Waals surface area (Å²) in [4.78, 5) is 14.0. The fraction of sp³-hybridized carbons (Fsp3) is 0.500. The first-order valence-electron chi connectivity index (χ1n) is 6.54. The first-order chi connectivity index (χ1) is 9.08. The number of carbonyl (C=O) groups excluding carboxylic acids is 1. The lowest BCUT2D eigenvalue weighted by atomic mass is 10.1. The number of hydrogen-bond donors (Lipinski definition) is 1. The molecule has 6 heteroatoms. The molecule has 2 N–H and O–H groups in total. The summed E-state index contributed by atoms with van der Waals surface area (Å²) in [7, 11) is 0. The zero-order chi connectivity index (χ0) is 13.5. The van der Waals surface area contributed by atoms with Gasteiger partial charge in [0.05, 0.1) is 18.7 Å². The quantitative estimate of drug-likeness (QED) is 0.903. The first-order valence-corrected chi connectivity index (χ1v) is 6.54. The summed E-state index contributed by atoms with van der Waals surface area (Å²) in [6.45, 7) is 1.56. The molecule has 1 aliphatic heterocycles. The molecule has 0 spiro atoms. The highest BCUT2D eigenvalue weighted by Gasteiger charge is 2.48. The molecule has 0 bridgehead atoms. The molecule has 110 valence electrons. The SMILES string of the molecule is Cl.NC1(C(=O)N2CCOC(c3ccc(F)cc3)C2)CC1. The molecule has 20 heavy (non-hydrogen) atoms. The van der Waals surface area contributed by atoms with Gasteiger partial charge in [-0.1, -0.05) is 12.1 Å². The molecule has 1 aromatic carbocycles. The number of rotatable bonds is 2. The van der Waals surface area contributed by atoms with Crippen LogP contribution in [0.4, 0.5) is 4.39 Å². The van der Waals surface area contributed by atoms with E-state index < -0.39 is 5.54 Å². The van der Waals surface area contributed by atoms with E-state index in [1.165, 1.54) is 12.1 Å². The van der Waals surface area contributed by atoms with Crippen LogP contribution in [0.25, 0.3) is 0 Å². The second-order valence-electron chi connectivity index (χ2n) is 5.32. The molecule has 4 nitrogen and oxygen atoms in total. The van der Waals surface area contributed by atoms with Crippen LogP contribution in [0.1, 0.15) is 24.5 Å². The minimum Gasteiger partial charge on any atom is -0.370 e. The molecular formula is C14H18ClFN2O2. The Bertz CT molecular complexity index is 490. The highest BCUT2D eigenvalue weighted by molar-refractivity contribution is 5.89. The number of carbonyl (C=O) groups is 1. The minimum absolute atomic E-state index is 0. The molecule has 0 aromatic heterocycles. The van der Waals surface area contributed by atoms with Crippen LogP contribution in [0.5, 0.6) is 0 Å². The van der Waals surface area contributed by atoms with Crippen molar-refractivity contribution < 1.29 is 13.9 Å². The largest absolute Gasteiger partial charge is 0.370 e. The average molecular weight is 301 g/mol. The lowest BCUT2D eigenvalue weighted by Gasteiger charge is -2.34.